The lowest BCUT2D eigenvalue weighted by molar-refractivity contribution is 0.0693. The van der Waals surface area contributed by atoms with Crippen molar-refractivity contribution in [1.82, 2.24) is 4.72 Å². The Hall–Kier alpha value is -5.04. The van der Waals surface area contributed by atoms with Gasteiger partial charge in [-0.1, -0.05) is 60.7 Å². The fourth-order valence-corrected chi connectivity index (χ4v) is 7.56. The lowest BCUT2D eigenvalue weighted by Crippen LogP contribution is -2.40. The second-order valence-corrected chi connectivity index (χ2v) is 15.5. The van der Waals surface area contributed by atoms with E-state index in [1.54, 1.807) is 63.2 Å². The number of carboxylic acid groups (broad SMARTS) is 1. The summed E-state index contributed by atoms with van der Waals surface area (Å²) in [7, 11) is -7.91. The first kappa shape index (κ1) is 33.3. The molecule has 0 fully saturated rings. The van der Waals surface area contributed by atoms with Crippen LogP contribution in [0.3, 0.4) is 0 Å². The van der Waals surface area contributed by atoms with Crippen LogP contribution in [0.5, 0.6) is 11.5 Å². The van der Waals surface area contributed by atoms with Crippen molar-refractivity contribution in [2.45, 2.75) is 36.1 Å². The molecule has 0 aliphatic carbocycles. The van der Waals surface area contributed by atoms with Crippen LogP contribution < -0.4 is 14.8 Å². The topological polar surface area (TPSA) is 156 Å². The molecule has 1 amide bonds. The lowest BCUT2D eigenvalue weighted by atomic mass is 10.0. The number of amides is 1. The molecule has 0 aromatic heterocycles. The Morgan fingerprint density at radius 2 is 1.38 bits per heavy atom. The van der Waals surface area contributed by atoms with Crippen molar-refractivity contribution < 1.29 is 36.3 Å². The first-order chi connectivity index (χ1) is 22.0. The van der Waals surface area contributed by atoms with Gasteiger partial charge in [-0.2, -0.15) is 0 Å². The quantitative estimate of drug-likeness (QED) is 0.156. The number of aromatic carboxylic acids is 1. The molecule has 5 aromatic rings. The predicted molar refractivity (Wildman–Crippen MR) is 180 cm³/mol. The highest BCUT2D eigenvalue weighted by Gasteiger charge is 2.28. The number of fused-ring (bicyclic) bond motifs is 1. The highest BCUT2D eigenvalue weighted by Crippen LogP contribution is 2.38. The van der Waals surface area contributed by atoms with Crippen molar-refractivity contribution in [1.29, 1.82) is 0 Å². The van der Waals surface area contributed by atoms with Crippen LogP contribution in [-0.4, -0.2) is 45.6 Å². The Balaban J connectivity index is 1.52. The van der Waals surface area contributed by atoms with Crippen LogP contribution >= 0.6 is 0 Å². The molecule has 5 aromatic carbocycles. The van der Waals surface area contributed by atoms with Gasteiger partial charge in [0, 0.05) is 22.9 Å². The van der Waals surface area contributed by atoms with Crippen molar-refractivity contribution in [3.05, 3.63) is 114 Å². The number of carboxylic acids is 1. The van der Waals surface area contributed by atoms with Gasteiger partial charge in [-0.25, -0.2) is 26.4 Å². The number of sulfone groups is 1. The molecule has 0 saturated heterocycles. The molecule has 12 heteroatoms. The highest BCUT2D eigenvalue weighted by atomic mass is 32.2. The number of ether oxygens (including phenoxy) is 1. The van der Waals surface area contributed by atoms with Gasteiger partial charge in [-0.15, -0.1) is 0 Å². The molecular weight excluding hydrogens is 641 g/mol. The summed E-state index contributed by atoms with van der Waals surface area (Å²) >= 11 is 0. The number of carbonyl (C=O) groups excluding carboxylic acids is 1. The molecule has 0 unspecified atom stereocenters. The van der Waals surface area contributed by atoms with Crippen molar-refractivity contribution in [3.8, 4) is 22.6 Å². The van der Waals surface area contributed by atoms with E-state index in [0.717, 1.165) is 23.1 Å². The summed E-state index contributed by atoms with van der Waals surface area (Å²) in [5.41, 5.74) is -0.680. The molecule has 0 aliphatic heterocycles. The van der Waals surface area contributed by atoms with Gasteiger partial charge >= 0.3 is 5.97 Å². The zero-order chi connectivity index (χ0) is 34.1. The summed E-state index contributed by atoms with van der Waals surface area (Å²) in [6.45, 7) is 5.21. The molecule has 3 N–H and O–H groups in total. The monoisotopic (exact) mass is 672 g/mol. The number of rotatable bonds is 9. The maximum Gasteiger partial charge on any atom is 0.339 e. The van der Waals surface area contributed by atoms with E-state index < -0.39 is 47.7 Å². The maximum absolute atomic E-state index is 13.5. The zero-order valence-electron chi connectivity index (χ0n) is 25.9. The third kappa shape index (κ3) is 7.51. The second kappa shape index (κ2) is 12.6. The Labute approximate surface area is 273 Å². The molecule has 0 aliphatic rings. The zero-order valence-corrected chi connectivity index (χ0v) is 27.6. The molecule has 0 radical (unpaired) electrons. The third-order valence-corrected chi connectivity index (χ3v) is 9.96. The largest absolute Gasteiger partial charge is 0.478 e. The van der Waals surface area contributed by atoms with Crippen molar-refractivity contribution in [2.24, 2.45) is 0 Å². The van der Waals surface area contributed by atoms with E-state index in [-0.39, 0.29) is 21.9 Å². The van der Waals surface area contributed by atoms with Gasteiger partial charge in [0.25, 0.3) is 5.91 Å². The SMILES string of the molecule is CC(C)(C)NS(=O)(=O)c1ccccc1-c1ccc(C(=O)Nc2c(Oc3ccc4ccccc4c3)ccc(S(C)(=O)=O)c2C(=O)O)cc1. The summed E-state index contributed by atoms with van der Waals surface area (Å²) in [4.78, 5) is 25.6. The number of benzene rings is 5. The molecule has 0 bridgehead atoms. The number of sulfonamides is 1. The second-order valence-electron chi connectivity index (χ2n) is 11.9. The van der Waals surface area contributed by atoms with Gasteiger partial charge in [0.05, 0.1) is 9.79 Å². The smallest absolute Gasteiger partial charge is 0.339 e. The summed E-state index contributed by atoms with van der Waals surface area (Å²) in [5.74, 6) is -2.08. The predicted octanol–water partition coefficient (Wildman–Crippen LogP) is 6.73. The minimum absolute atomic E-state index is 0.0614. The normalized spacial score (nSPS) is 12.1. The van der Waals surface area contributed by atoms with Crippen LogP contribution in [0, 0.1) is 0 Å². The molecule has 10 nitrogen and oxygen atoms in total. The summed E-state index contributed by atoms with van der Waals surface area (Å²) in [5, 5.41) is 14.5. The van der Waals surface area contributed by atoms with Gasteiger partial charge in [-0.05, 0) is 79.6 Å². The Morgan fingerprint density at radius 3 is 2.02 bits per heavy atom. The summed E-state index contributed by atoms with van der Waals surface area (Å²) < 4.78 is 60.1. The van der Waals surface area contributed by atoms with E-state index in [9.17, 15) is 31.5 Å². The maximum atomic E-state index is 13.5. The first-order valence-corrected chi connectivity index (χ1v) is 17.7. The van der Waals surface area contributed by atoms with E-state index in [4.69, 9.17) is 4.74 Å². The number of nitrogens with one attached hydrogen (secondary N) is 2. The summed E-state index contributed by atoms with van der Waals surface area (Å²) in [6, 6.07) is 27.7. The standard InChI is InChI=1S/C35H32N2O8S2/c1-35(2,3)37-47(43,44)29-12-8-7-11-27(29)23-13-15-24(16-14-23)33(38)36-32-28(19-20-30(46(4,41)42)31(32)34(39)40)45-26-18-17-22-9-5-6-10-25(22)21-26/h5-21,37H,1-4H3,(H,36,38)(H,39,40). The molecule has 0 heterocycles. The van der Waals surface area contributed by atoms with Crippen molar-refractivity contribution >= 4 is 48.2 Å². The summed E-state index contributed by atoms with van der Waals surface area (Å²) in [6.07, 6.45) is 0.873. The van der Waals surface area contributed by atoms with E-state index >= 15 is 0 Å². The number of hydrogen-bond donors (Lipinski definition) is 3. The minimum atomic E-state index is -4.03. The van der Waals surface area contributed by atoms with Gasteiger partial charge in [0.1, 0.15) is 17.0 Å². The van der Waals surface area contributed by atoms with Gasteiger partial charge in [0.15, 0.2) is 15.6 Å². The fourth-order valence-electron chi connectivity index (χ4n) is 5.04. The molecule has 0 spiro atoms. The minimum Gasteiger partial charge on any atom is -0.478 e. The first-order valence-electron chi connectivity index (χ1n) is 14.4. The molecule has 5 rings (SSSR count). The lowest BCUT2D eigenvalue weighted by Gasteiger charge is -2.21. The van der Waals surface area contributed by atoms with Gasteiger partial charge in [-0.3, -0.25) is 4.79 Å². The Morgan fingerprint density at radius 1 is 0.745 bits per heavy atom. The van der Waals surface area contributed by atoms with E-state index in [1.165, 1.54) is 24.3 Å². The van der Waals surface area contributed by atoms with Crippen LogP contribution in [0.4, 0.5) is 5.69 Å². The van der Waals surface area contributed by atoms with Crippen molar-refractivity contribution in [3.63, 3.8) is 0 Å². The van der Waals surface area contributed by atoms with Crippen LogP contribution in [0.15, 0.2) is 113 Å². The molecular formula is C35H32N2O8S2. The highest BCUT2D eigenvalue weighted by molar-refractivity contribution is 7.90. The van der Waals surface area contributed by atoms with Crippen molar-refractivity contribution in [2.75, 3.05) is 11.6 Å². The van der Waals surface area contributed by atoms with Crippen LogP contribution in [0.25, 0.3) is 21.9 Å². The van der Waals surface area contributed by atoms with Crippen LogP contribution in [0.1, 0.15) is 41.5 Å². The molecule has 47 heavy (non-hydrogen) atoms. The van der Waals surface area contributed by atoms with E-state index in [2.05, 4.69) is 10.0 Å². The Bertz CT molecular complexity index is 2240. The van der Waals surface area contributed by atoms with E-state index in [1.807, 2.05) is 30.3 Å². The Kier molecular flexibility index (Phi) is 8.96. The fraction of sp³-hybridized carbons (Fsp3) is 0.143. The average Bonchev–Trinajstić information content (AvgIpc) is 3.00. The molecule has 0 atom stereocenters. The van der Waals surface area contributed by atoms with Crippen LogP contribution in [0.2, 0.25) is 0 Å². The molecule has 242 valence electrons. The van der Waals surface area contributed by atoms with E-state index in [0.29, 0.717) is 16.9 Å². The third-order valence-electron chi connectivity index (χ3n) is 7.00. The average molecular weight is 673 g/mol. The van der Waals surface area contributed by atoms with Crippen LogP contribution in [-0.2, 0) is 19.9 Å². The number of anilines is 1. The number of carbonyl (C=O) groups is 2. The molecule has 0 saturated carbocycles. The van der Waals surface area contributed by atoms with Gasteiger partial charge in [0.2, 0.25) is 10.0 Å². The number of hydrogen-bond acceptors (Lipinski definition) is 7. The van der Waals surface area contributed by atoms with Gasteiger partial charge < -0.3 is 15.2 Å².